The van der Waals surface area contributed by atoms with Gasteiger partial charge in [0.1, 0.15) is 18.3 Å². The summed E-state index contributed by atoms with van der Waals surface area (Å²) < 4.78 is 1.60. The molecule has 2 heterocycles. The van der Waals surface area contributed by atoms with Gasteiger partial charge in [-0.3, -0.25) is 19.1 Å². The average molecular weight is 457 g/mol. The van der Waals surface area contributed by atoms with Crippen LogP contribution in [0, 0.1) is 5.92 Å². The number of nitrogens with zero attached hydrogens (tertiary/aromatic N) is 3. The third-order valence-corrected chi connectivity index (χ3v) is 7.82. The molecule has 1 N–H and O–H groups in total. The monoisotopic (exact) mass is 456 g/mol. The van der Waals surface area contributed by atoms with E-state index in [0.717, 1.165) is 23.7 Å². The van der Waals surface area contributed by atoms with Gasteiger partial charge in [-0.2, -0.15) is 5.10 Å². The van der Waals surface area contributed by atoms with Crippen molar-refractivity contribution in [3.63, 3.8) is 0 Å². The molecule has 3 aliphatic rings. The van der Waals surface area contributed by atoms with Gasteiger partial charge in [0.25, 0.3) is 0 Å². The largest absolute Gasteiger partial charge is 0.349 e. The van der Waals surface area contributed by atoms with Crippen LogP contribution in [-0.2, 0) is 16.1 Å². The number of amides is 2. The molecule has 6 rings (SSSR count). The molecule has 174 valence electrons. The number of Topliss-reactive ketones (excluding diaryl/α,β-unsaturated/α-hetero) is 1. The molecule has 1 aliphatic heterocycles. The Morgan fingerprint density at radius 1 is 1.06 bits per heavy atom. The number of aromatic nitrogens is 2. The van der Waals surface area contributed by atoms with E-state index in [4.69, 9.17) is 0 Å². The number of rotatable bonds is 6. The van der Waals surface area contributed by atoms with E-state index in [1.54, 1.807) is 9.58 Å². The summed E-state index contributed by atoms with van der Waals surface area (Å²) in [5, 5.41) is 8.45. The number of likely N-dealkylation sites (tertiary alicyclic amines) is 1. The van der Waals surface area contributed by atoms with Crippen molar-refractivity contribution >= 4 is 28.5 Å². The molecule has 7 nitrogen and oxygen atoms in total. The fourth-order valence-electron chi connectivity index (χ4n) is 5.81. The molecule has 0 radical (unpaired) electrons. The van der Waals surface area contributed by atoms with Crippen LogP contribution in [0.1, 0.15) is 55.1 Å². The van der Waals surface area contributed by atoms with E-state index in [1.165, 1.54) is 12.5 Å². The van der Waals surface area contributed by atoms with Crippen molar-refractivity contribution in [2.45, 2.75) is 63.2 Å². The molecule has 2 aromatic carbocycles. The first-order valence-electron chi connectivity index (χ1n) is 12.0. The Bertz CT molecular complexity index is 1320. The molecule has 3 aromatic rings. The summed E-state index contributed by atoms with van der Waals surface area (Å²) in [6.07, 6.45) is 2.58. The van der Waals surface area contributed by atoms with E-state index < -0.39 is 6.04 Å². The van der Waals surface area contributed by atoms with Crippen LogP contribution in [0.25, 0.3) is 10.9 Å². The molecule has 2 saturated carbocycles. The van der Waals surface area contributed by atoms with Crippen LogP contribution in [-0.4, -0.2) is 49.9 Å². The van der Waals surface area contributed by atoms with Gasteiger partial charge in [-0.05, 0) is 43.7 Å². The van der Waals surface area contributed by atoms with Crippen molar-refractivity contribution < 1.29 is 14.4 Å². The second-order valence-corrected chi connectivity index (χ2v) is 10.3. The number of hydrogen-bond acceptors (Lipinski definition) is 4. The molecule has 0 spiro atoms. The lowest BCUT2D eigenvalue weighted by molar-refractivity contribution is -0.140. The molecule has 2 aliphatic carbocycles. The lowest BCUT2D eigenvalue weighted by Crippen LogP contribution is -2.51. The number of nitrogens with one attached hydrogen (secondary N) is 1. The lowest BCUT2D eigenvalue weighted by Gasteiger charge is -2.28. The van der Waals surface area contributed by atoms with Gasteiger partial charge in [0, 0.05) is 29.8 Å². The number of benzene rings is 2. The third kappa shape index (κ3) is 3.42. The fraction of sp³-hybridized carbons (Fsp3) is 0.407. The van der Waals surface area contributed by atoms with Crippen molar-refractivity contribution in [2.24, 2.45) is 5.92 Å². The van der Waals surface area contributed by atoms with Crippen LogP contribution in [0.2, 0.25) is 0 Å². The zero-order valence-electron chi connectivity index (χ0n) is 19.4. The summed E-state index contributed by atoms with van der Waals surface area (Å²) in [4.78, 5) is 40.6. The molecule has 1 saturated heterocycles. The average Bonchev–Trinajstić information content (AvgIpc) is 3.65. The quantitative estimate of drug-likeness (QED) is 0.577. The SMILES string of the molecule is CC(=O)c1nn(CC(=O)N2[C@@H]3C[C@@H]3C[C@H]2C(=O)N[C@@]2(C)C[C@@H]2c2ccccc2)c2ccccc12. The summed E-state index contributed by atoms with van der Waals surface area (Å²) >= 11 is 0. The molecule has 2 amide bonds. The minimum atomic E-state index is -0.445. The predicted molar refractivity (Wildman–Crippen MR) is 127 cm³/mol. The maximum Gasteiger partial charge on any atom is 0.245 e. The smallest absolute Gasteiger partial charge is 0.245 e. The van der Waals surface area contributed by atoms with E-state index in [2.05, 4.69) is 29.5 Å². The Balaban J connectivity index is 1.19. The Kier molecular flexibility index (Phi) is 4.66. The maximum absolute atomic E-state index is 13.5. The first-order valence-corrected chi connectivity index (χ1v) is 12.0. The van der Waals surface area contributed by atoms with E-state index in [-0.39, 0.29) is 35.7 Å². The number of carbonyl (C=O) groups excluding carboxylic acids is 3. The summed E-state index contributed by atoms with van der Waals surface area (Å²) in [6.45, 7) is 3.59. The van der Waals surface area contributed by atoms with Crippen molar-refractivity contribution in [1.29, 1.82) is 0 Å². The van der Waals surface area contributed by atoms with Crippen LogP contribution >= 0.6 is 0 Å². The minimum absolute atomic E-state index is 0.0186. The minimum Gasteiger partial charge on any atom is -0.349 e. The number of hydrogen-bond donors (Lipinski definition) is 1. The number of fused-ring (bicyclic) bond motifs is 2. The van der Waals surface area contributed by atoms with E-state index in [0.29, 0.717) is 24.0 Å². The van der Waals surface area contributed by atoms with Gasteiger partial charge < -0.3 is 10.2 Å². The summed E-state index contributed by atoms with van der Waals surface area (Å²) in [5.41, 5.74) is 2.09. The summed E-state index contributed by atoms with van der Waals surface area (Å²) in [7, 11) is 0. The highest BCUT2D eigenvalue weighted by atomic mass is 16.2. The molecule has 5 atom stereocenters. The number of piperidine rings is 1. The molecule has 0 unspecified atom stereocenters. The Labute approximate surface area is 198 Å². The zero-order valence-corrected chi connectivity index (χ0v) is 19.4. The molecular weight excluding hydrogens is 428 g/mol. The summed E-state index contributed by atoms with van der Waals surface area (Å²) in [5.74, 6) is 0.399. The standard InChI is InChI=1S/C27H28N4O3/c1-16(32)25-19-10-6-7-11-21(19)30(29-25)15-24(33)31-22-12-18(22)13-23(31)26(34)28-27(2)14-20(27)17-8-4-3-5-9-17/h3-11,18,20,22-23H,12-15H2,1-2H3,(H,28,34)/t18-,20-,22-,23+,27+/m1/s1. The Hall–Kier alpha value is -3.48. The molecular formula is C27H28N4O3. The Morgan fingerprint density at radius 3 is 2.56 bits per heavy atom. The van der Waals surface area contributed by atoms with Crippen LogP contribution in [0.3, 0.4) is 0 Å². The van der Waals surface area contributed by atoms with Crippen molar-refractivity contribution in [3.8, 4) is 0 Å². The zero-order chi connectivity index (χ0) is 23.6. The van der Waals surface area contributed by atoms with Crippen LogP contribution in [0.15, 0.2) is 54.6 Å². The molecule has 7 heteroatoms. The van der Waals surface area contributed by atoms with E-state index >= 15 is 0 Å². The normalized spacial score (nSPS) is 29.1. The van der Waals surface area contributed by atoms with Gasteiger partial charge in [-0.15, -0.1) is 0 Å². The second kappa shape index (κ2) is 7.52. The highest BCUT2D eigenvalue weighted by molar-refractivity contribution is 6.05. The molecule has 0 bridgehead atoms. The Morgan fingerprint density at radius 2 is 1.79 bits per heavy atom. The van der Waals surface area contributed by atoms with Gasteiger partial charge in [0.05, 0.1) is 5.52 Å². The number of para-hydroxylation sites is 1. The molecule has 1 aromatic heterocycles. The van der Waals surface area contributed by atoms with Crippen molar-refractivity contribution in [1.82, 2.24) is 20.0 Å². The third-order valence-electron chi connectivity index (χ3n) is 7.82. The van der Waals surface area contributed by atoms with Gasteiger partial charge in [0.2, 0.25) is 11.8 Å². The van der Waals surface area contributed by atoms with Crippen LogP contribution in [0.4, 0.5) is 0 Å². The van der Waals surface area contributed by atoms with Crippen LogP contribution in [0.5, 0.6) is 0 Å². The van der Waals surface area contributed by atoms with Gasteiger partial charge in [-0.25, -0.2) is 0 Å². The van der Waals surface area contributed by atoms with E-state index in [9.17, 15) is 14.4 Å². The first kappa shape index (κ1) is 21.1. The van der Waals surface area contributed by atoms with Gasteiger partial charge in [-0.1, -0.05) is 48.5 Å². The van der Waals surface area contributed by atoms with Crippen LogP contribution < -0.4 is 5.32 Å². The van der Waals surface area contributed by atoms with Gasteiger partial charge >= 0.3 is 0 Å². The van der Waals surface area contributed by atoms with E-state index in [1.807, 2.05) is 42.5 Å². The summed E-state index contributed by atoms with van der Waals surface area (Å²) in [6, 6.07) is 17.4. The highest BCUT2D eigenvalue weighted by Gasteiger charge is 2.58. The van der Waals surface area contributed by atoms with Crippen molar-refractivity contribution in [2.75, 3.05) is 0 Å². The second-order valence-electron chi connectivity index (χ2n) is 10.3. The molecule has 3 fully saturated rings. The van der Waals surface area contributed by atoms with Crippen molar-refractivity contribution in [3.05, 3.63) is 65.9 Å². The maximum atomic E-state index is 13.5. The topological polar surface area (TPSA) is 84.3 Å². The molecule has 34 heavy (non-hydrogen) atoms. The predicted octanol–water partition coefficient (Wildman–Crippen LogP) is 3.29. The fourth-order valence-corrected chi connectivity index (χ4v) is 5.81. The highest BCUT2D eigenvalue weighted by Crippen LogP contribution is 2.52. The van der Waals surface area contributed by atoms with Gasteiger partial charge in [0.15, 0.2) is 5.78 Å². The lowest BCUT2D eigenvalue weighted by atomic mass is 10.1. The number of carbonyl (C=O) groups is 3. The number of ketones is 1. The first-order chi connectivity index (χ1) is 16.4.